The summed E-state index contributed by atoms with van der Waals surface area (Å²) in [5.74, 6) is -1.10. The number of morpholine rings is 1. The Morgan fingerprint density at radius 3 is 2.88 bits per heavy atom. The fourth-order valence-corrected chi connectivity index (χ4v) is 3.16. The SMILES string of the molecule is O=C(Cc1csc(N2CCOCC2)n1)NNC(=O)c1ccc[nH]c1=O. The first kappa shape index (κ1) is 17.1. The molecule has 0 bridgehead atoms. The average molecular weight is 363 g/mol. The number of carbonyl (C=O) groups is 2. The number of aromatic amines is 1. The van der Waals surface area contributed by atoms with Gasteiger partial charge in [0.25, 0.3) is 11.5 Å². The minimum atomic E-state index is -0.678. The minimum absolute atomic E-state index is 0.0340. The van der Waals surface area contributed by atoms with Crippen LogP contribution in [0.1, 0.15) is 16.1 Å². The number of hydrazine groups is 1. The highest BCUT2D eigenvalue weighted by Gasteiger charge is 2.16. The van der Waals surface area contributed by atoms with Gasteiger partial charge in [0, 0.05) is 24.7 Å². The molecule has 1 saturated heterocycles. The average Bonchev–Trinajstić information content (AvgIpc) is 3.09. The molecule has 0 saturated carbocycles. The predicted octanol–water partition coefficient (Wildman–Crippen LogP) is -0.328. The van der Waals surface area contributed by atoms with Crippen molar-refractivity contribution >= 4 is 28.3 Å². The first-order chi connectivity index (χ1) is 12.1. The highest BCUT2D eigenvalue weighted by molar-refractivity contribution is 7.13. The van der Waals surface area contributed by atoms with Gasteiger partial charge in [-0.25, -0.2) is 4.98 Å². The second kappa shape index (κ2) is 7.90. The van der Waals surface area contributed by atoms with Crippen LogP contribution in [0.3, 0.4) is 0 Å². The molecular weight excluding hydrogens is 346 g/mol. The third kappa shape index (κ3) is 4.43. The number of thiazole rings is 1. The zero-order valence-corrected chi connectivity index (χ0v) is 14.1. The molecule has 1 aliphatic rings. The molecule has 0 aliphatic carbocycles. The minimum Gasteiger partial charge on any atom is -0.378 e. The number of carbonyl (C=O) groups excluding carboxylic acids is 2. The Morgan fingerprint density at radius 2 is 2.12 bits per heavy atom. The quantitative estimate of drug-likeness (QED) is 0.641. The molecule has 132 valence electrons. The number of nitrogens with one attached hydrogen (secondary N) is 3. The summed E-state index contributed by atoms with van der Waals surface area (Å²) in [6.07, 6.45) is 1.46. The molecule has 0 atom stereocenters. The van der Waals surface area contributed by atoms with E-state index in [9.17, 15) is 14.4 Å². The van der Waals surface area contributed by atoms with Crippen LogP contribution in [0, 0.1) is 0 Å². The van der Waals surface area contributed by atoms with Crippen LogP contribution in [-0.2, 0) is 16.0 Å². The van der Waals surface area contributed by atoms with Crippen molar-refractivity contribution in [3.8, 4) is 0 Å². The van der Waals surface area contributed by atoms with Crippen molar-refractivity contribution in [3.05, 3.63) is 45.3 Å². The van der Waals surface area contributed by atoms with Crippen LogP contribution in [0.2, 0.25) is 0 Å². The standard InChI is InChI=1S/C15H17N5O4S/c21-12(18-19-14(23)11-2-1-3-16-13(11)22)8-10-9-25-15(17-10)20-4-6-24-7-5-20/h1-3,9H,4-8H2,(H,16,22)(H,18,21)(H,19,23). The molecule has 0 radical (unpaired) electrons. The molecule has 3 N–H and O–H groups in total. The molecule has 1 aliphatic heterocycles. The van der Waals surface area contributed by atoms with E-state index in [1.54, 1.807) is 0 Å². The molecule has 2 aromatic heterocycles. The molecule has 1 fully saturated rings. The van der Waals surface area contributed by atoms with Crippen LogP contribution in [0.25, 0.3) is 0 Å². The lowest BCUT2D eigenvalue weighted by atomic mass is 10.3. The highest BCUT2D eigenvalue weighted by atomic mass is 32.1. The Bertz CT molecular complexity index is 812. The Hall–Kier alpha value is -2.72. The van der Waals surface area contributed by atoms with Crippen LogP contribution >= 0.6 is 11.3 Å². The summed E-state index contributed by atoms with van der Waals surface area (Å²) in [6.45, 7) is 2.89. The Balaban J connectivity index is 1.51. The van der Waals surface area contributed by atoms with Gasteiger partial charge in [-0.05, 0) is 12.1 Å². The van der Waals surface area contributed by atoms with Crippen LogP contribution in [0.4, 0.5) is 5.13 Å². The van der Waals surface area contributed by atoms with E-state index in [0.717, 1.165) is 18.2 Å². The summed E-state index contributed by atoms with van der Waals surface area (Å²) in [6, 6.07) is 2.90. The highest BCUT2D eigenvalue weighted by Crippen LogP contribution is 2.21. The number of rotatable bonds is 4. The lowest BCUT2D eigenvalue weighted by Crippen LogP contribution is -2.44. The van der Waals surface area contributed by atoms with Gasteiger partial charge in [0.15, 0.2) is 5.13 Å². The fraction of sp³-hybridized carbons (Fsp3) is 0.333. The molecule has 0 aromatic carbocycles. The van der Waals surface area contributed by atoms with Crippen LogP contribution in [-0.4, -0.2) is 48.1 Å². The van der Waals surface area contributed by atoms with Crippen molar-refractivity contribution in [1.82, 2.24) is 20.8 Å². The van der Waals surface area contributed by atoms with Gasteiger partial charge < -0.3 is 14.6 Å². The number of pyridine rings is 1. The van der Waals surface area contributed by atoms with Crippen molar-refractivity contribution in [1.29, 1.82) is 0 Å². The van der Waals surface area contributed by atoms with Gasteiger partial charge in [-0.15, -0.1) is 11.3 Å². The fourth-order valence-electron chi connectivity index (χ4n) is 2.28. The van der Waals surface area contributed by atoms with Gasteiger partial charge in [0.2, 0.25) is 5.91 Å². The molecule has 9 nitrogen and oxygen atoms in total. The van der Waals surface area contributed by atoms with E-state index in [4.69, 9.17) is 4.74 Å². The third-order valence-electron chi connectivity index (χ3n) is 3.54. The molecular formula is C15H17N5O4S. The molecule has 2 aromatic rings. The van der Waals surface area contributed by atoms with Gasteiger partial charge in [-0.2, -0.15) is 0 Å². The van der Waals surface area contributed by atoms with E-state index in [2.05, 4.69) is 25.7 Å². The first-order valence-electron chi connectivity index (χ1n) is 7.67. The van der Waals surface area contributed by atoms with Gasteiger partial charge in [-0.3, -0.25) is 25.2 Å². The smallest absolute Gasteiger partial charge is 0.275 e. The Labute approximate surface area is 147 Å². The third-order valence-corrected chi connectivity index (χ3v) is 4.49. The topological polar surface area (TPSA) is 116 Å². The van der Waals surface area contributed by atoms with Crippen LogP contribution in [0.15, 0.2) is 28.5 Å². The summed E-state index contributed by atoms with van der Waals surface area (Å²) < 4.78 is 5.30. The summed E-state index contributed by atoms with van der Waals surface area (Å²) in [4.78, 5) is 44.2. The number of hydrogen-bond acceptors (Lipinski definition) is 7. The molecule has 0 spiro atoms. The number of amides is 2. The number of hydrogen-bond donors (Lipinski definition) is 3. The van der Waals surface area contributed by atoms with E-state index in [1.807, 2.05) is 5.38 Å². The number of nitrogens with zero attached hydrogens (tertiary/aromatic N) is 2. The summed E-state index contributed by atoms with van der Waals surface area (Å²) >= 11 is 1.47. The molecule has 0 unspecified atom stereocenters. The monoisotopic (exact) mass is 363 g/mol. The van der Waals surface area contributed by atoms with Gasteiger partial charge >= 0.3 is 0 Å². The first-order valence-corrected chi connectivity index (χ1v) is 8.55. The largest absolute Gasteiger partial charge is 0.378 e. The maximum atomic E-state index is 11.9. The van der Waals surface area contributed by atoms with Crippen molar-refractivity contribution < 1.29 is 14.3 Å². The normalized spacial score (nSPS) is 14.2. The summed E-state index contributed by atoms with van der Waals surface area (Å²) in [5.41, 5.74) is 4.52. The number of aromatic nitrogens is 2. The second-order valence-electron chi connectivity index (χ2n) is 5.31. The van der Waals surface area contributed by atoms with Gasteiger partial charge in [0.05, 0.1) is 25.3 Å². The Kier molecular flexibility index (Phi) is 5.41. The summed E-state index contributed by atoms with van der Waals surface area (Å²) in [5, 5.41) is 2.67. The van der Waals surface area contributed by atoms with Crippen LogP contribution < -0.4 is 21.3 Å². The van der Waals surface area contributed by atoms with E-state index < -0.39 is 17.4 Å². The molecule has 3 rings (SSSR count). The van der Waals surface area contributed by atoms with Gasteiger partial charge in [-0.1, -0.05) is 0 Å². The maximum absolute atomic E-state index is 11.9. The lowest BCUT2D eigenvalue weighted by Gasteiger charge is -2.26. The van der Waals surface area contributed by atoms with E-state index in [1.165, 1.54) is 29.7 Å². The number of anilines is 1. The molecule has 25 heavy (non-hydrogen) atoms. The molecule has 10 heteroatoms. The van der Waals surface area contributed by atoms with Crippen molar-refractivity contribution in [3.63, 3.8) is 0 Å². The predicted molar refractivity (Wildman–Crippen MR) is 91.5 cm³/mol. The zero-order chi connectivity index (χ0) is 17.6. The van der Waals surface area contributed by atoms with Crippen molar-refractivity contribution in [2.45, 2.75) is 6.42 Å². The molecule has 3 heterocycles. The zero-order valence-electron chi connectivity index (χ0n) is 13.3. The van der Waals surface area contributed by atoms with E-state index in [-0.39, 0.29) is 12.0 Å². The summed E-state index contributed by atoms with van der Waals surface area (Å²) in [7, 11) is 0. The van der Waals surface area contributed by atoms with E-state index in [0.29, 0.717) is 18.9 Å². The lowest BCUT2D eigenvalue weighted by molar-refractivity contribution is -0.121. The Morgan fingerprint density at radius 1 is 1.32 bits per heavy atom. The maximum Gasteiger partial charge on any atom is 0.275 e. The number of H-pyrrole nitrogens is 1. The molecule has 2 amide bonds. The van der Waals surface area contributed by atoms with Crippen LogP contribution in [0.5, 0.6) is 0 Å². The second-order valence-corrected chi connectivity index (χ2v) is 6.15. The van der Waals surface area contributed by atoms with Crippen molar-refractivity contribution in [2.75, 3.05) is 31.2 Å². The van der Waals surface area contributed by atoms with Gasteiger partial charge in [0.1, 0.15) is 5.56 Å². The van der Waals surface area contributed by atoms with E-state index >= 15 is 0 Å². The number of ether oxygens (including phenoxy) is 1. The van der Waals surface area contributed by atoms with Crippen molar-refractivity contribution in [2.24, 2.45) is 0 Å².